The van der Waals surface area contributed by atoms with Gasteiger partial charge in [-0.1, -0.05) is 19.8 Å². The first-order valence-electron chi connectivity index (χ1n) is 8.69. The van der Waals surface area contributed by atoms with Crippen LogP contribution in [0, 0.1) is 5.92 Å². The van der Waals surface area contributed by atoms with Gasteiger partial charge in [0.2, 0.25) is 0 Å². The number of rotatable bonds is 6. The van der Waals surface area contributed by atoms with Crippen LogP contribution in [-0.4, -0.2) is 68.3 Å². The number of hydrogen-bond donors (Lipinski definition) is 2. The molecular formula is C16H32N2O3S. The molecule has 0 aromatic heterocycles. The van der Waals surface area contributed by atoms with Gasteiger partial charge in [-0.15, -0.1) is 0 Å². The molecule has 22 heavy (non-hydrogen) atoms. The van der Waals surface area contributed by atoms with E-state index in [1.807, 2.05) is 0 Å². The SMILES string of the molecule is CC1CCN(C[C@H](O)CN[C@H]2CCCC[C@H]2S(C)(=O)=O)CC1. The lowest BCUT2D eigenvalue weighted by Crippen LogP contribution is -2.50. The Labute approximate surface area is 135 Å². The highest BCUT2D eigenvalue weighted by molar-refractivity contribution is 7.91. The third-order valence-corrected chi connectivity index (χ3v) is 6.88. The molecule has 1 aliphatic heterocycles. The van der Waals surface area contributed by atoms with Crippen LogP contribution in [0.15, 0.2) is 0 Å². The molecule has 0 aromatic rings. The summed E-state index contributed by atoms with van der Waals surface area (Å²) in [6, 6.07) is -0.000205. The fourth-order valence-electron chi connectivity index (χ4n) is 3.74. The lowest BCUT2D eigenvalue weighted by Gasteiger charge is -2.34. The molecule has 2 N–H and O–H groups in total. The van der Waals surface area contributed by atoms with Crippen molar-refractivity contribution in [2.45, 2.75) is 62.8 Å². The summed E-state index contributed by atoms with van der Waals surface area (Å²) in [4.78, 5) is 2.32. The fraction of sp³-hybridized carbons (Fsp3) is 1.00. The van der Waals surface area contributed by atoms with Crippen molar-refractivity contribution >= 4 is 9.84 Å². The molecule has 0 unspecified atom stereocenters. The molecule has 6 heteroatoms. The van der Waals surface area contributed by atoms with E-state index < -0.39 is 15.9 Å². The van der Waals surface area contributed by atoms with E-state index in [0.717, 1.165) is 44.7 Å². The minimum atomic E-state index is -3.01. The van der Waals surface area contributed by atoms with Crippen LogP contribution in [0.1, 0.15) is 45.4 Å². The molecule has 0 radical (unpaired) electrons. The number of hydrogen-bond acceptors (Lipinski definition) is 5. The van der Waals surface area contributed by atoms with E-state index >= 15 is 0 Å². The molecule has 130 valence electrons. The Hall–Kier alpha value is -0.170. The molecule has 3 atom stereocenters. The smallest absolute Gasteiger partial charge is 0.151 e. The summed E-state index contributed by atoms with van der Waals surface area (Å²) in [6.45, 7) is 5.59. The predicted molar refractivity (Wildman–Crippen MR) is 89.7 cm³/mol. The van der Waals surface area contributed by atoms with Crippen molar-refractivity contribution in [1.82, 2.24) is 10.2 Å². The maximum absolute atomic E-state index is 11.9. The van der Waals surface area contributed by atoms with Gasteiger partial charge < -0.3 is 15.3 Å². The van der Waals surface area contributed by atoms with Crippen molar-refractivity contribution in [3.05, 3.63) is 0 Å². The molecule has 0 bridgehead atoms. The molecule has 2 aliphatic rings. The summed E-state index contributed by atoms with van der Waals surface area (Å²) in [5, 5.41) is 13.3. The van der Waals surface area contributed by atoms with Crippen LogP contribution in [0.4, 0.5) is 0 Å². The molecular weight excluding hydrogens is 300 g/mol. The zero-order valence-electron chi connectivity index (χ0n) is 14.0. The van der Waals surface area contributed by atoms with E-state index in [4.69, 9.17) is 0 Å². The standard InChI is InChI=1S/C16H32N2O3S/c1-13-7-9-18(10-8-13)12-14(19)11-17-15-5-3-4-6-16(15)22(2,20)21/h13-17,19H,3-12H2,1-2H3/t14-,15+,16-/m1/s1. The van der Waals surface area contributed by atoms with Gasteiger partial charge in [0.25, 0.3) is 0 Å². The van der Waals surface area contributed by atoms with Crippen molar-refractivity contribution in [1.29, 1.82) is 0 Å². The zero-order chi connectivity index (χ0) is 16.2. The van der Waals surface area contributed by atoms with Crippen LogP contribution in [0.2, 0.25) is 0 Å². The quantitative estimate of drug-likeness (QED) is 0.760. The first-order valence-corrected chi connectivity index (χ1v) is 10.6. The van der Waals surface area contributed by atoms with Gasteiger partial charge in [0, 0.05) is 25.4 Å². The highest BCUT2D eigenvalue weighted by Crippen LogP contribution is 2.24. The number of β-amino-alcohol motifs (C(OH)–C–C–N with tert-alkyl or cyclic N) is 1. The summed E-state index contributed by atoms with van der Waals surface area (Å²) in [5.74, 6) is 0.796. The number of aliphatic hydroxyl groups excluding tert-OH is 1. The Balaban J connectivity index is 1.76. The van der Waals surface area contributed by atoms with Crippen LogP contribution in [0.25, 0.3) is 0 Å². The van der Waals surface area contributed by atoms with Crippen LogP contribution in [0.3, 0.4) is 0 Å². The van der Waals surface area contributed by atoms with E-state index in [1.54, 1.807) is 0 Å². The number of nitrogens with one attached hydrogen (secondary N) is 1. The highest BCUT2D eigenvalue weighted by atomic mass is 32.2. The first-order chi connectivity index (χ1) is 10.4. The number of piperidine rings is 1. The second-order valence-corrected chi connectivity index (χ2v) is 9.57. The largest absolute Gasteiger partial charge is 0.390 e. The van der Waals surface area contributed by atoms with Crippen molar-refractivity contribution in [3.63, 3.8) is 0 Å². The summed E-state index contributed by atoms with van der Waals surface area (Å²) in [6.07, 6.45) is 7.03. The van der Waals surface area contributed by atoms with Gasteiger partial charge in [-0.2, -0.15) is 0 Å². The molecule has 5 nitrogen and oxygen atoms in total. The molecule has 2 fully saturated rings. The minimum Gasteiger partial charge on any atom is -0.390 e. The van der Waals surface area contributed by atoms with Gasteiger partial charge in [0.05, 0.1) is 11.4 Å². The van der Waals surface area contributed by atoms with E-state index in [9.17, 15) is 13.5 Å². The molecule has 0 aromatic carbocycles. The van der Waals surface area contributed by atoms with Gasteiger partial charge in [-0.3, -0.25) is 0 Å². The van der Waals surface area contributed by atoms with Gasteiger partial charge in [-0.05, 0) is 44.7 Å². The van der Waals surface area contributed by atoms with Crippen molar-refractivity contribution < 1.29 is 13.5 Å². The Morgan fingerprint density at radius 3 is 2.45 bits per heavy atom. The third kappa shape index (κ3) is 5.48. The fourth-order valence-corrected chi connectivity index (χ4v) is 5.16. The monoisotopic (exact) mass is 332 g/mol. The lowest BCUT2D eigenvalue weighted by molar-refractivity contribution is 0.0877. The number of aliphatic hydroxyl groups is 1. The van der Waals surface area contributed by atoms with E-state index in [1.165, 1.54) is 19.1 Å². The van der Waals surface area contributed by atoms with Crippen LogP contribution in [-0.2, 0) is 9.84 Å². The summed E-state index contributed by atoms with van der Waals surface area (Å²) in [7, 11) is -3.01. The van der Waals surface area contributed by atoms with E-state index in [2.05, 4.69) is 17.1 Å². The van der Waals surface area contributed by atoms with Crippen molar-refractivity contribution in [3.8, 4) is 0 Å². The van der Waals surface area contributed by atoms with Gasteiger partial charge in [0.1, 0.15) is 0 Å². The molecule has 2 rings (SSSR count). The maximum Gasteiger partial charge on any atom is 0.151 e. The molecule has 1 saturated carbocycles. The highest BCUT2D eigenvalue weighted by Gasteiger charge is 2.32. The molecule has 1 aliphatic carbocycles. The Bertz CT molecular complexity index is 433. The van der Waals surface area contributed by atoms with Crippen LogP contribution >= 0.6 is 0 Å². The Kier molecular flexibility index (Phi) is 6.68. The summed E-state index contributed by atoms with van der Waals surface area (Å²) >= 11 is 0. The summed E-state index contributed by atoms with van der Waals surface area (Å²) in [5.41, 5.74) is 0. The lowest BCUT2D eigenvalue weighted by atomic mass is 9.94. The minimum absolute atomic E-state index is 0.000205. The van der Waals surface area contributed by atoms with Crippen LogP contribution in [0.5, 0.6) is 0 Å². The normalized spacial score (nSPS) is 30.3. The first kappa shape index (κ1) is 18.2. The Morgan fingerprint density at radius 2 is 1.82 bits per heavy atom. The van der Waals surface area contributed by atoms with Crippen molar-refractivity contribution in [2.75, 3.05) is 32.4 Å². The van der Waals surface area contributed by atoms with Gasteiger partial charge in [0.15, 0.2) is 9.84 Å². The third-order valence-electron chi connectivity index (χ3n) is 5.21. The van der Waals surface area contributed by atoms with Crippen molar-refractivity contribution in [2.24, 2.45) is 5.92 Å². The summed E-state index contributed by atoms with van der Waals surface area (Å²) < 4.78 is 23.8. The predicted octanol–water partition coefficient (Wildman–Crippen LogP) is 1.02. The number of sulfone groups is 1. The average molecular weight is 333 g/mol. The molecule has 1 saturated heterocycles. The van der Waals surface area contributed by atoms with Gasteiger partial charge >= 0.3 is 0 Å². The molecule has 0 amide bonds. The zero-order valence-corrected chi connectivity index (χ0v) is 14.8. The van der Waals surface area contributed by atoms with E-state index in [0.29, 0.717) is 13.1 Å². The average Bonchev–Trinajstić information content (AvgIpc) is 2.47. The number of nitrogens with zero attached hydrogens (tertiary/aromatic N) is 1. The topological polar surface area (TPSA) is 69.6 Å². The van der Waals surface area contributed by atoms with E-state index in [-0.39, 0.29) is 11.3 Å². The molecule has 1 heterocycles. The Morgan fingerprint density at radius 1 is 1.18 bits per heavy atom. The number of likely N-dealkylation sites (tertiary alicyclic amines) is 1. The van der Waals surface area contributed by atoms with Crippen LogP contribution < -0.4 is 5.32 Å². The maximum atomic E-state index is 11.9. The second-order valence-electron chi connectivity index (χ2n) is 7.30. The second kappa shape index (κ2) is 8.08. The van der Waals surface area contributed by atoms with Gasteiger partial charge in [-0.25, -0.2) is 8.42 Å². The molecule has 0 spiro atoms.